The molecule has 0 aromatic heterocycles. The van der Waals surface area contributed by atoms with Crippen molar-refractivity contribution in [3.05, 3.63) is 68.4 Å². The average molecular weight is 624 g/mol. The van der Waals surface area contributed by atoms with Gasteiger partial charge in [0.15, 0.2) is 0 Å². The van der Waals surface area contributed by atoms with Gasteiger partial charge in [-0.1, -0.05) is 44.0 Å². The van der Waals surface area contributed by atoms with Crippen molar-refractivity contribution in [1.82, 2.24) is 19.6 Å². The molecule has 0 N–H and O–H groups in total. The summed E-state index contributed by atoms with van der Waals surface area (Å²) in [6, 6.07) is 13.8. The molecule has 0 spiro atoms. The van der Waals surface area contributed by atoms with Crippen molar-refractivity contribution < 1.29 is 9.18 Å². The molecule has 2 aromatic rings. The molecule has 2 heterocycles. The van der Waals surface area contributed by atoms with Crippen molar-refractivity contribution >= 4 is 37.8 Å². The number of rotatable bonds is 9. The van der Waals surface area contributed by atoms with Gasteiger partial charge < -0.3 is 14.7 Å². The minimum atomic E-state index is -0.232. The van der Waals surface area contributed by atoms with E-state index in [0.29, 0.717) is 24.2 Å². The number of likely N-dealkylation sites (tertiary alicyclic amines) is 2. The molecule has 1 atom stereocenters. The smallest absolute Gasteiger partial charge is 0.253 e. The molecular formula is C28H37Br2FN4O. The first-order valence-electron chi connectivity index (χ1n) is 12.8. The largest absolute Gasteiger partial charge is 0.341 e. The first kappa shape index (κ1) is 27.7. The van der Waals surface area contributed by atoms with Crippen LogP contribution in [-0.4, -0.2) is 98.0 Å². The quantitative estimate of drug-likeness (QED) is 0.379. The Bertz CT molecular complexity index is 1000. The van der Waals surface area contributed by atoms with Crippen LogP contribution in [0.5, 0.6) is 0 Å². The minimum Gasteiger partial charge on any atom is -0.341 e. The van der Waals surface area contributed by atoms with Gasteiger partial charge in [-0.15, -0.1) is 0 Å². The van der Waals surface area contributed by atoms with Crippen LogP contribution in [-0.2, 0) is 0 Å². The predicted octanol–water partition coefficient (Wildman–Crippen LogP) is 5.31. The summed E-state index contributed by atoms with van der Waals surface area (Å²) >= 11 is 6.95. The van der Waals surface area contributed by atoms with E-state index in [9.17, 15) is 9.18 Å². The third kappa shape index (κ3) is 7.16. The standard InChI is InChI=1S/C28H37Br2FN4O/c1-32(2)26-9-12-35(13-10-26)27-18-34(19-27)11-8-21(20-4-6-25(31)7-5-20)17-33(3)28(36)22-14-23(29)16-24(30)15-22/h4-7,14-16,21,26-27H,8-13,17-19H2,1-3H3/t21-/m1/s1. The molecule has 1 amide bonds. The molecular weight excluding hydrogens is 587 g/mol. The van der Waals surface area contributed by atoms with Crippen molar-refractivity contribution in [3.8, 4) is 0 Å². The SMILES string of the molecule is CN(C[C@@H](CCN1CC(N2CCC(N(C)C)CC2)C1)c1ccc(F)cc1)C(=O)c1cc(Br)cc(Br)c1. The number of halogens is 3. The molecule has 196 valence electrons. The maximum atomic E-state index is 13.6. The van der Waals surface area contributed by atoms with Crippen LogP contribution in [0.3, 0.4) is 0 Å². The molecule has 36 heavy (non-hydrogen) atoms. The second kappa shape index (κ2) is 12.5. The zero-order chi connectivity index (χ0) is 25.8. The summed E-state index contributed by atoms with van der Waals surface area (Å²) in [5.74, 6) is -0.108. The van der Waals surface area contributed by atoms with E-state index >= 15 is 0 Å². The first-order valence-corrected chi connectivity index (χ1v) is 14.4. The fraction of sp³-hybridized carbons (Fsp3) is 0.536. The molecule has 0 radical (unpaired) electrons. The Kier molecular flexibility index (Phi) is 9.61. The average Bonchev–Trinajstić information content (AvgIpc) is 2.82. The number of benzene rings is 2. The molecule has 2 saturated heterocycles. The van der Waals surface area contributed by atoms with Crippen LogP contribution >= 0.6 is 31.9 Å². The van der Waals surface area contributed by atoms with E-state index < -0.39 is 0 Å². The predicted molar refractivity (Wildman–Crippen MR) is 151 cm³/mol. The second-order valence-electron chi connectivity index (χ2n) is 10.5. The maximum absolute atomic E-state index is 13.6. The molecule has 2 aromatic carbocycles. The van der Waals surface area contributed by atoms with Gasteiger partial charge in [0.2, 0.25) is 0 Å². The Balaban J connectivity index is 1.33. The Labute approximate surface area is 231 Å². The summed E-state index contributed by atoms with van der Waals surface area (Å²) in [4.78, 5) is 22.5. The van der Waals surface area contributed by atoms with Crippen molar-refractivity contribution in [1.29, 1.82) is 0 Å². The lowest BCUT2D eigenvalue weighted by Gasteiger charge is -2.48. The number of likely N-dealkylation sites (N-methyl/N-ethyl adjacent to an activating group) is 1. The summed E-state index contributed by atoms with van der Waals surface area (Å²) in [6.45, 7) is 6.19. The summed E-state index contributed by atoms with van der Waals surface area (Å²) in [6.07, 6.45) is 3.44. The summed E-state index contributed by atoms with van der Waals surface area (Å²) in [5.41, 5.74) is 1.72. The number of carbonyl (C=O) groups excluding carboxylic acids is 1. The molecule has 2 fully saturated rings. The fourth-order valence-corrected chi connectivity index (χ4v) is 6.77. The van der Waals surface area contributed by atoms with Crippen LogP contribution in [0.25, 0.3) is 0 Å². The number of hydrogen-bond donors (Lipinski definition) is 0. The molecule has 8 heteroatoms. The Morgan fingerprint density at radius 2 is 1.64 bits per heavy atom. The zero-order valence-corrected chi connectivity index (χ0v) is 24.6. The number of piperidine rings is 1. The van der Waals surface area contributed by atoms with Gasteiger partial charge in [-0.05, 0) is 75.8 Å². The molecule has 0 saturated carbocycles. The normalized spacial score (nSPS) is 18.9. The third-order valence-corrected chi connectivity index (χ3v) is 8.68. The van der Waals surface area contributed by atoms with Gasteiger partial charge in [0.1, 0.15) is 5.82 Å². The Morgan fingerprint density at radius 3 is 2.22 bits per heavy atom. The molecule has 0 bridgehead atoms. The van der Waals surface area contributed by atoms with Crippen molar-refractivity contribution in [3.63, 3.8) is 0 Å². The zero-order valence-electron chi connectivity index (χ0n) is 21.5. The maximum Gasteiger partial charge on any atom is 0.253 e. The highest BCUT2D eigenvalue weighted by atomic mass is 79.9. The van der Waals surface area contributed by atoms with Gasteiger partial charge in [-0.3, -0.25) is 9.69 Å². The molecule has 2 aliphatic rings. The highest BCUT2D eigenvalue weighted by Gasteiger charge is 2.34. The van der Waals surface area contributed by atoms with Gasteiger partial charge >= 0.3 is 0 Å². The van der Waals surface area contributed by atoms with E-state index in [4.69, 9.17) is 0 Å². The van der Waals surface area contributed by atoms with E-state index in [1.54, 1.807) is 4.90 Å². The lowest BCUT2D eigenvalue weighted by atomic mass is 9.93. The van der Waals surface area contributed by atoms with E-state index in [1.165, 1.54) is 38.1 Å². The molecule has 5 nitrogen and oxygen atoms in total. The highest BCUT2D eigenvalue weighted by Crippen LogP contribution is 2.27. The second-order valence-corrected chi connectivity index (χ2v) is 12.4. The molecule has 0 aliphatic carbocycles. The van der Waals surface area contributed by atoms with Crippen LogP contribution in [0.1, 0.15) is 41.1 Å². The van der Waals surface area contributed by atoms with Gasteiger partial charge in [0.25, 0.3) is 5.91 Å². The summed E-state index contributed by atoms with van der Waals surface area (Å²) in [5, 5.41) is 0. The highest BCUT2D eigenvalue weighted by molar-refractivity contribution is 9.11. The topological polar surface area (TPSA) is 30.0 Å². The van der Waals surface area contributed by atoms with Crippen LogP contribution in [0.2, 0.25) is 0 Å². The van der Waals surface area contributed by atoms with E-state index in [2.05, 4.69) is 60.7 Å². The molecule has 4 rings (SSSR count). The fourth-order valence-electron chi connectivity index (χ4n) is 5.47. The monoisotopic (exact) mass is 622 g/mol. The van der Waals surface area contributed by atoms with Crippen molar-refractivity contribution in [2.24, 2.45) is 0 Å². The molecule has 2 aliphatic heterocycles. The van der Waals surface area contributed by atoms with E-state index in [-0.39, 0.29) is 17.6 Å². The van der Waals surface area contributed by atoms with Crippen LogP contribution < -0.4 is 0 Å². The molecule has 0 unspecified atom stereocenters. The van der Waals surface area contributed by atoms with Crippen LogP contribution in [0.4, 0.5) is 4.39 Å². The van der Waals surface area contributed by atoms with Gasteiger partial charge in [0, 0.05) is 72.3 Å². The van der Waals surface area contributed by atoms with Gasteiger partial charge in [-0.25, -0.2) is 4.39 Å². The number of hydrogen-bond acceptors (Lipinski definition) is 4. The number of amides is 1. The third-order valence-electron chi connectivity index (χ3n) is 7.77. The Morgan fingerprint density at radius 1 is 1.03 bits per heavy atom. The lowest BCUT2D eigenvalue weighted by molar-refractivity contribution is 0.00874. The van der Waals surface area contributed by atoms with Gasteiger partial charge in [-0.2, -0.15) is 0 Å². The summed E-state index contributed by atoms with van der Waals surface area (Å²) < 4.78 is 15.3. The number of nitrogens with zero attached hydrogens (tertiary/aromatic N) is 4. The van der Waals surface area contributed by atoms with Crippen LogP contribution in [0, 0.1) is 5.82 Å². The van der Waals surface area contributed by atoms with Crippen molar-refractivity contribution in [2.45, 2.75) is 37.3 Å². The Hall–Kier alpha value is -1.32. The first-order chi connectivity index (χ1) is 17.2. The number of carbonyl (C=O) groups is 1. The van der Waals surface area contributed by atoms with Gasteiger partial charge in [0.05, 0.1) is 0 Å². The minimum absolute atomic E-state index is 0.0192. The van der Waals surface area contributed by atoms with E-state index in [1.807, 2.05) is 37.4 Å². The van der Waals surface area contributed by atoms with E-state index in [0.717, 1.165) is 40.6 Å². The van der Waals surface area contributed by atoms with Crippen molar-refractivity contribution in [2.75, 3.05) is 60.4 Å². The lowest BCUT2D eigenvalue weighted by Crippen LogP contribution is -2.61. The van der Waals surface area contributed by atoms with Crippen LogP contribution in [0.15, 0.2) is 51.4 Å². The summed E-state index contributed by atoms with van der Waals surface area (Å²) in [7, 11) is 6.22.